The van der Waals surface area contributed by atoms with E-state index in [0.29, 0.717) is 12.1 Å². The van der Waals surface area contributed by atoms with Crippen LogP contribution in [0.5, 0.6) is 0 Å². The van der Waals surface area contributed by atoms with E-state index in [4.69, 9.17) is 11.6 Å². The van der Waals surface area contributed by atoms with Crippen LogP contribution in [0.15, 0.2) is 54.7 Å². The molecule has 26 heavy (non-hydrogen) atoms. The Kier molecular flexibility index (Phi) is 4.98. The average Bonchev–Trinajstić information content (AvgIpc) is 2.63. The molecule has 0 aliphatic heterocycles. The fourth-order valence-electron chi connectivity index (χ4n) is 3.82. The summed E-state index contributed by atoms with van der Waals surface area (Å²) in [6, 6.07) is 17.7. The molecular weight excluding hydrogens is 342 g/mol. The third-order valence-electron chi connectivity index (χ3n) is 5.18. The molecule has 3 aromatic rings. The molecule has 1 aromatic heterocycles. The Labute approximate surface area is 159 Å². The molecule has 0 unspecified atom stereocenters. The van der Waals surface area contributed by atoms with Crippen molar-refractivity contribution >= 4 is 33.9 Å². The number of aryl methyl sites for hydroxylation is 1. The first kappa shape index (κ1) is 17.2. The van der Waals surface area contributed by atoms with Gasteiger partial charge in [0, 0.05) is 40.1 Å². The summed E-state index contributed by atoms with van der Waals surface area (Å²) in [4.78, 5) is 4.43. The van der Waals surface area contributed by atoms with Crippen molar-refractivity contribution < 1.29 is 0 Å². The van der Waals surface area contributed by atoms with Gasteiger partial charge in [-0.05, 0) is 74.6 Å². The summed E-state index contributed by atoms with van der Waals surface area (Å²) in [6.07, 6.45) is 6.55. The third kappa shape index (κ3) is 3.94. The fourth-order valence-corrected chi connectivity index (χ4v) is 3.99. The van der Waals surface area contributed by atoms with Gasteiger partial charge in [0.15, 0.2) is 0 Å². The van der Waals surface area contributed by atoms with Crippen LogP contribution in [0.4, 0.5) is 11.4 Å². The lowest BCUT2D eigenvalue weighted by molar-refractivity contribution is 0.429. The SMILES string of the molecule is Cc1cccc(N[C@H]2CC[C@@H](Nc3ccnc4cc(Cl)ccc34)CC2)c1. The first-order valence-electron chi connectivity index (χ1n) is 9.31. The number of halogens is 1. The Morgan fingerprint density at radius 3 is 2.46 bits per heavy atom. The summed E-state index contributed by atoms with van der Waals surface area (Å²) in [5.41, 5.74) is 4.63. The highest BCUT2D eigenvalue weighted by atomic mass is 35.5. The van der Waals surface area contributed by atoms with Gasteiger partial charge in [0.1, 0.15) is 0 Å². The fraction of sp³-hybridized carbons (Fsp3) is 0.318. The van der Waals surface area contributed by atoms with E-state index in [2.05, 4.69) is 58.9 Å². The van der Waals surface area contributed by atoms with Crippen LogP contribution < -0.4 is 10.6 Å². The maximum absolute atomic E-state index is 6.09. The Morgan fingerprint density at radius 1 is 0.923 bits per heavy atom. The lowest BCUT2D eigenvalue weighted by Gasteiger charge is -2.31. The highest BCUT2D eigenvalue weighted by molar-refractivity contribution is 6.31. The van der Waals surface area contributed by atoms with Crippen molar-refractivity contribution in [1.29, 1.82) is 0 Å². The van der Waals surface area contributed by atoms with Crippen LogP contribution in [0.1, 0.15) is 31.2 Å². The molecule has 3 nitrogen and oxygen atoms in total. The number of fused-ring (bicyclic) bond motifs is 1. The van der Waals surface area contributed by atoms with Gasteiger partial charge in [-0.1, -0.05) is 23.7 Å². The number of rotatable bonds is 4. The van der Waals surface area contributed by atoms with Gasteiger partial charge < -0.3 is 10.6 Å². The van der Waals surface area contributed by atoms with Crippen molar-refractivity contribution in [2.24, 2.45) is 0 Å². The molecule has 0 amide bonds. The van der Waals surface area contributed by atoms with Gasteiger partial charge in [-0.15, -0.1) is 0 Å². The lowest BCUT2D eigenvalue weighted by atomic mass is 9.90. The van der Waals surface area contributed by atoms with Gasteiger partial charge in [0.2, 0.25) is 0 Å². The number of anilines is 2. The summed E-state index contributed by atoms with van der Waals surface area (Å²) in [7, 11) is 0. The largest absolute Gasteiger partial charge is 0.382 e. The van der Waals surface area contributed by atoms with Gasteiger partial charge >= 0.3 is 0 Å². The molecule has 1 fully saturated rings. The minimum atomic E-state index is 0.506. The molecule has 134 valence electrons. The molecule has 4 rings (SSSR count). The number of hydrogen-bond acceptors (Lipinski definition) is 3. The van der Waals surface area contributed by atoms with Crippen molar-refractivity contribution in [3.8, 4) is 0 Å². The number of nitrogens with zero attached hydrogens (tertiary/aromatic N) is 1. The first-order chi connectivity index (χ1) is 12.7. The summed E-state index contributed by atoms with van der Waals surface area (Å²) in [6.45, 7) is 2.14. The molecule has 1 aliphatic carbocycles. The second-order valence-corrected chi connectivity index (χ2v) is 7.66. The predicted molar refractivity (Wildman–Crippen MR) is 111 cm³/mol. The van der Waals surface area contributed by atoms with E-state index < -0.39 is 0 Å². The molecule has 4 heteroatoms. The van der Waals surface area contributed by atoms with Crippen molar-refractivity contribution in [3.63, 3.8) is 0 Å². The molecule has 0 radical (unpaired) electrons. The summed E-state index contributed by atoms with van der Waals surface area (Å²) in [5.74, 6) is 0. The quantitative estimate of drug-likeness (QED) is 0.592. The minimum absolute atomic E-state index is 0.506. The second kappa shape index (κ2) is 7.55. The van der Waals surface area contributed by atoms with E-state index in [1.807, 2.05) is 18.3 Å². The zero-order valence-electron chi connectivity index (χ0n) is 15.0. The minimum Gasteiger partial charge on any atom is -0.382 e. The zero-order valence-corrected chi connectivity index (χ0v) is 15.8. The van der Waals surface area contributed by atoms with E-state index >= 15 is 0 Å². The normalized spacial score (nSPS) is 20.1. The smallest absolute Gasteiger partial charge is 0.0737 e. The molecule has 2 N–H and O–H groups in total. The van der Waals surface area contributed by atoms with E-state index in [9.17, 15) is 0 Å². The maximum atomic E-state index is 6.09. The Balaban J connectivity index is 1.38. The van der Waals surface area contributed by atoms with Crippen molar-refractivity contribution in [2.75, 3.05) is 10.6 Å². The highest BCUT2D eigenvalue weighted by Crippen LogP contribution is 2.29. The predicted octanol–water partition coefficient (Wildman–Crippen LogP) is 6.03. The van der Waals surface area contributed by atoms with Crippen molar-refractivity contribution in [1.82, 2.24) is 4.98 Å². The van der Waals surface area contributed by atoms with E-state index in [0.717, 1.165) is 21.6 Å². The molecule has 0 spiro atoms. The first-order valence-corrected chi connectivity index (χ1v) is 9.69. The third-order valence-corrected chi connectivity index (χ3v) is 5.42. The Morgan fingerprint density at radius 2 is 1.69 bits per heavy atom. The molecule has 1 aliphatic rings. The Bertz CT molecular complexity index is 901. The topological polar surface area (TPSA) is 37.0 Å². The second-order valence-electron chi connectivity index (χ2n) is 7.23. The standard InChI is InChI=1S/C22H24ClN3/c1-15-3-2-4-19(13-15)25-17-6-8-18(9-7-17)26-21-11-12-24-22-14-16(23)5-10-20(21)22/h2-5,10-14,17-18,25H,6-9H2,1H3,(H,24,26)/t17-,18+. The number of nitrogens with one attached hydrogen (secondary N) is 2. The van der Waals surface area contributed by atoms with E-state index in [1.54, 1.807) is 0 Å². The monoisotopic (exact) mass is 365 g/mol. The van der Waals surface area contributed by atoms with Crippen molar-refractivity contribution in [3.05, 3.63) is 65.3 Å². The van der Waals surface area contributed by atoms with Gasteiger partial charge in [0.25, 0.3) is 0 Å². The van der Waals surface area contributed by atoms with E-state index in [1.165, 1.54) is 36.9 Å². The number of pyridine rings is 1. The summed E-state index contributed by atoms with van der Waals surface area (Å²) in [5, 5.41) is 9.28. The number of benzene rings is 2. The van der Waals surface area contributed by atoms with Crippen LogP contribution in [-0.4, -0.2) is 17.1 Å². The van der Waals surface area contributed by atoms with Gasteiger partial charge in [-0.2, -0.15) is 0 Å². The molecular formula is C22H24ClN3. The van der Waals surface area contributed by atoms with Crippen LogP contribution >= 0.6 is 11.6 Å². The molecule has 1 saturated carbocycles. The van der Waals surface area contributed by atoms with Crippen LogP contribution in [0.25, 0.3) is 10.9 Å². The van der Waals surface area contributed by atoms with Crippen LogP contribution in [-0.2, 0) is 0 Å². The number of hydrogen-bond donors (Lipinski definition) is 2. The van der Waals surface area contributed by atoms with E-state index in [-0.39, 0.29) is 0 Å². The van der Waals surface area contributed by atoms with Crippen LogP contribution in [0.3, 0.4) is 0 Å². The van der Waals surface area contributed by atoms with Gasteiger partial charge in [-0.3, -0.25) is 4.98 Å². The van der Waals surface area contributed by atoms with Gasteiger partial charge in [-0.25, -0.2) is 0 Å². The van der Waals surface area contributed by atoms with Gasteiger partial charge in [0.05, 0.1) is 5.52 Å². The molecule has 1 heterocycles. The summed E-state index contributed by atoms with van der Waals surface area (Å²) < 4.78 is 0. The van der Waals surface area contributed by atoms with Crippen LogP contribution in [0, 0.1) is 6.92 Å². The zero-order chi connectivity index (χ0) is 17.9. The molecule has 0 bridgehead atoms. The average molecular weight is 366 g/mol. The summed E-state index contributed by atoms with van der Waals surface area (Å²) >= 11 is 6.09. The van der Waals surface area contributed by atoms with Crippen LogP contribution in [0.2, 0.25) is 5.02 Å². The molecule has 2 aromatic carbocycles. The molecule has 0 saturated heterocycles. The van der Waals surface area contributed by atoms with Crippen molar-refractivity contribution in [2.45, 2.75) is 44.7 Å². The lowest BCUT2D eigenvalue weighted by Crippen LogP contribution is -2.32. The highest BCUT2D eigenvalue weighted by Gasteiger charge is 2.21. The molecule has 0 atom stereocenters. The maximum Gasteiger partial charge on any atom is 0.0737 e. The number of aromatic nitrogens is 1. The Hall–Kier alpha value is -2.26.